The van der Waals surface area contributed by atoms with Gasteiger partial charge in [-0.05, 0) is 30.2 Å². The van der Waals surface area contributed by atoms with Crippen LogP contribution in [-0.2, 0) is 22.6 Å². The summed E-state index contributed by atoms with van der Waals surface area (Å²) in [4.78, 5) is 0.0825. The van der Waals surface area contributed by atoms with Gasteiger partial charge in [-0.3, -0.25) is 0 Å². The van der Waals surface area contributed by atoms with Gasteiger partial charge in [0.1, 0.15) is 0 Å². The Hall–Kier alpha value is -1.86. The largest absolute Gasteiger partial charge is 0.416 e. The van der Waals surface area contributed by atoms with Crippen molar-refractivity contribution < 1.29 is 21.6 Å². The lowest BCUT2D eigenvalue weighted by molar-refractivity contribution is -0.138. The van der Waals surface area contributed by atoms with Crippen molar-refractivity contribution in [3.8, 4) is 0 Å². The van der Waals surface area contributed by atoms with E-state index in [0.29, 0.717) is 0 Å². The standard InChI is InChI=1S/C15H14F3NO2S/c16-15(17,18)14-9-5-4-6-12(14)10-11-19-22(20,21)13-7-2-1-3-8-13/h1-9,19H,10-11H2. The number of hydrogen-bond acceptors (Lipinski definition) is 2. The third-order valence-corrected chi connectivity index (χ3v) is 4.54. The summed E-state index contributed by atoms with van der Waals surface area (Å²) in [7, 11) is -3.71. The summed E-state index contributed by atoms with van der Waals surface area (Å²) in [6.45, 7) is -0.107. The molecule has 2 rings (SSSR count). The van der Waals surface area contributed by atoms with E-state index in [2.05, 4.69) is 4.72 Å². The van der Waals surface area contributed by atoms with Crippen molar-refractivity contribution in [3.05, 3.63) is 65.7 Å². The molecule has 3 nitrogen and oxygen atoms in total. The Bertz CT molecular complexity index is 728. The van der Waals surface area contributed by atoms with Crippen LogP contribution in [-0.4, -0.2) is 15.0 Å². The number of hydrogen-bond donors (Lipinski definition) is 1. The van der Waals surface area contributed by atoms with Gasteiger partial charge in [0.05, 0.1) is 10.5 Å². The first-order valence-electron chi connectivity index (χ1n) is 6.50. The van der Waals surface area contributed by atoms with Gasteiger partial charge in [-0.1, -0.05) is 36.4 Å². The molecule has 0 aliphatic heterocycles. The maximum absolute atomic E-state index is 12.8. The number of halogens is 3. The molecule has 2 aromatic carbocycles. The summed E-state index contributed by atoms with van der Waals surface area (Å²) in [5.74, 6) is 0. The molecule has 0 atom stereocenters. The Labute approximate surface area is 126 Å². The second kappa shape index (κ2) is 6.50. The van der Waals surface area contributed by atoms with Crippen molar-refractivity contribution >= 4 is 10.0 Å². The van der Waals surface area contributed by atoms with Crippen LogP contribution in [0.5, 0.6) is 0 Å². The van der Waals surface area contributed by atoms with E-state index in [4.69, 9.17) is 0 Å². The van der Waals surface area contributed by atoms with Crippen molar-refractivity contribution in [3.63, 3.8) is 0 Å². The minimum atomic E-state index is -4.45. The van der Waals surface area contributed by atoms with Gasteiger partial charge < -0.3 is 0 Å². The first-order valence-corrected chi connectivity index (χ1v) is 7.99. The summed E-state index contributed by atoms with van der Waals surface area (Å²) < 4.78 is 64.8. The van der Waals surface area contributed by atoms with Gasteiger partial charge in [0, 0.05) is 6.54 Å². The third-order valence-electron chi connectivity index (χ3n) is 3.06. The molecule has 0 fully saturated rings. The molecule has 2 aromatic rings. The van der Waals surface area contributed by atoms with E-state index in [1.165, 1.54) is 30.3 Å². The number of sulfonamides is 1. The first kappa shape index (κ1) is 16.5. The van der Waals surface area contributed by atoms with E-state index in [1.807, 2.05) is 0 Å². The Kier molecular flexibility index (Phi) is 4.87. The number of nitrogens with one attached hydrogen (secondary N) is 1. The molecule has 0 bridgehead atoms. The highest BCUT2D eigenvalue weighted by atomic mass is 32.2. The zero-order valence-electron chi connectivity index (χ0n) is 11.5. The summed E-state index contributed by atoms with van der Waals surface area (Å²) in [5, 5.41) is 0. The highest BCUT2D eigenvalue weighted by molar-refractivity contribution is 7.89. The van der Waals surface area contributed by atoms with E-state index in [-0.39, 0.29) is 23.4 Å². The van der Waals surface area contributed by atoms with E-state index >= 15 is 0 Å². The molecule has 0 radical (unpaired) electrons. The van der Waals surface area contributed by atoms with Crippen molar-refractivity contribution in [2.75, 3.05) is 6.54 Å². The Balaban J connectivity index is 2.06. The van der Waals surface area contributed by atoms with Crippen molar-refractivity contribution in [1.82, 2.24) is 4.72 Å². The molecule has 0 heterocycles. The minimum Gasteiger partial charge on any atom is -0.211 e. The molecule has 0 saturated heterocycles. The quantitative estimate of drug-likeness (QED) is 0.915. The fraction of sp³-hybridized carbons (Fsp3) is 0.200. The van der Waals surface area contributed by atoms with Gasteiger partial charge in [-0.25, -0.2) is 13.1 Å². The van der Waals surface area contributed by atoms with Crippen LogP contribution < -0.4 is 4.72 Å². The molecule has 1 N–H and O–H groups in total. The molecule has 0 amide bonds. The van der Waals surface area contributed by atoms with Gasteiger partial charge in [0.25, 0.3) is 0 Å². The molecule has 0 aliphatic rings. The van der Waals surface area contributed by atoms with Crippen molar-refractivity contribution in [1.29, 1.82) is 0 Å². The second-order valence-corrected chi connectivity index (χ2v) is 6.38. The Morgan fingerprint density at radius 3 is 2.14 bits per heavy atom. The molecule has 22 heavy (non-hydrogen) atoms. The molecular weight excluding hydrogens is 315 g/mol. The van der Waals surface area contributed by atoms with Crippen LogP contribution in [0.3, 0.4) is 0 Å². The van der Waals surface area contributed by atoms with Gasteiger partial charge in [-0.2, -0.15) is 13.2 Å². The predicted molar refractivity (Wildman–Crippen MR) is 76.8 cm³/mol. The zero-order valence-corrected chi connectivity index (χ0v) is 12.3. The Morgan fingerprint density at radius 1 is 0.909 bits per heavy atom. The maximum atomic E-state index is 12.8. The fourth-order valence-corrected chi connectivity index (χ4v) is 3.07. The molecule has 0 aliphatic carbocycles. The fourth-order valence-electron chi connectivity index (χ4n) is 2.02. The maximum Gasteiger partial charge on any atom is 0.416 e. The zero-order chi connectivity index (χ0) is 16.2. The van der Waals surface area contributed by atoms with Crippen LogP contribution in [0.1, 0.15) is 11.1 Å². The lowest BCUT2D eigenvalue weighted by Crippen LogP contribution is -2.26. The van der Waals surface area contributed by atoms with E-state index in [1.54, 1.807) is 18.2 Å². The molecular formula is C15H14F3NO2S. The monoisotopic (exact) mass is 329 g/mol. The third kappa shape index (κ3) is 4.08. The van der Waals surface area contributed by atoms with Crippen LogP contribution in [0.4, 0.5) is 13.2 Å². The molecule has 118 valence electrons. The number of benzene rings is 2. The molecule has 0 saturated carbocycles. The minimum absolute atomic E-state index is 0.0399. The van der Waals surface area contributed by atoms with Crippen LogP contribution >= 0.6 is 0 Å². The van der Waals surface area contributed by atoms with Crippen LogP contribution in [0, 0.1) is 0 Å². The topological polar surface area (TPSA) is 46.2 Å². The molecule has 0 unspecified atom stereocenters. The van der Waals surface area contributed by atoms with Gasteiger partial charge in [-0.15, -0.1) is 0 Å². The van der Waals surface area contributed by atoms with E-state index in [0.717, 1.165) is 6.07 Å². The van der Waals surface area contributed by atoms with Crippen LogP contribution in [0.15, 0.2) is 59.5 Å². The summed E-state index contributed by atoms with van der Waals surface area (Å²) in [6, 6.07) is 12.8. The highest BCUT2D eigenvalue weighted by Crippen LogP contribution is 2.31. The van der Waals surface area contributed by atoms with Gasteiger partial charge >= 0.3 is 6.18 Å². The molecule has 0 spiro atoms. The van der Waals surface area contributed by atoms with E-state index < -0.39 is 21.8 Å². The summed E-state index contributed by atoms with van der Waals surface area (Å²) in [5.41, 5.74) is -0.681. The Morgan fingerprint density at radius 2 is 1.50 bits per heavy atom. The lowest BCUT2D eigenvalue weighted by Gasteiger charge is -2.13. The first-order chi connectivity index (χ1) is 10.3. The van der Waals surface area contributed by atoms with Crippen molar-refractivity contribution in [2.45, 2.75) is 17.5 Å². The SMILES string of the molecule is O=S(=O)(NCCc1ccccc1C(F)(F)F)c1ccccc1. The van der Waals surface area contributed by atoms with Gasteiger partial charge in [0.15, 0.2) is 0 Å². The van der Waals surface area contributed by atoms with Crippen LogP contribution in [0.25, 0.3) is 0 Å². The smallest absolute Gasteiger partial charge is 0.211 e. The number of alkyl halides is 3. The van der Waals surface area contributed by atoms with Crippen molar-refractivity contribution in [2.24, 2.45) is 0 Å². The van der Waals surface area contributed by atoms with Crippen LogP contribution in [0.2, 0.25) is 0 Å². The van der Waals surface area contributed by atoms with Gasteiger partial charge in [0.2, 0.25) is 10.0 Å². The average Bonchev–Trinajstić information content (AvgIpc) is 2.47. The highest BCUT2D eigenvalue weighted by Gasteiger charge is 2.32. The predicted octanol–water partition coefficient (Wildman–Crippen LogP) is 3.23. The van der Waals surface area contributed by atoms with E-state index in [9.17, 15) is 21.6 Å². The normalized spacial score (nSPS) is 12.3. The second-order valence-electron chi connectivity index (χ2n) is 4.62. The number of rotatable bonds is 5. The lowest BCUT2D eigenvalue weighted by atomic mass is 10.0. The molecule has 0 aromatic heterocycles. The summed E-state index contributed by atoms with van der Waals surface area (Å²) in [6.07, 6.45) is -4.49. The average molecular weight is 329 g/mol. The summed E-state index contributed by atoms with van der Waals surface area (Å²) >= 11 is 0. The molecule has 7 heteroatoms.